The highest BCUT2D eigenvalue weighted by Gasteiger charge is 2.11. The molecule has 6 heteroatoms. The summed E-state index contributed by atoms with van der Waals surface area (Å²) in [5.41, 5.74) is 4.61. The molecule has 0 aromatic heterocycles. The first kappa shape index (κ1) is 22.8. The minimum absolute atomic E-state index is 0.0737. The van der Waals surface area contributed by atoms with E-state index in [4.69, 9.17) is 0 Å². The molecule has 1 saturated heterocycles. The van der Waals surface area contributed by atoms with Gasteiger partial charge in [-0.25, -0.2) is 0 Å². The van der Waals surface area contributed by atoms with Crippen LogP contribution in [0, 0.1) is 13.8 Å². The van der Waals surface area contributed by atoms with Crippen molar-refractivity contribution in [2.75, 3.05) is 43.4 Å². The Morgan fingerprint density at radius 1 is 0.903 bits per heavy atom. The molecular weight excluding hydrogens is 388 g/mol. The minimum Gasteiger partial charge on any atom is -0.376 e. The highest BCUT2D eigenvalue weighted by molar-refractivity contribution is 5.96. The van der Waals surface area contributed by atoms with Gasteiger partial charge in [-0.15, -0.1) is 0 Å². The number of hydrogen-bond donors (Lipinski definition) is 3. The molecule has 2 amide bonds. The summed E-state index contributed by atoms with van der Waals surface area (Å²) in [7, 11) is 0. The van der Waals surface area contributed by atoms with Gasteiger partial charge in [-0.1, -0.05) is 6.07 Å². The van der Waals surface area contributed by atoms with Gasteiger partial charge in [0.05, 0.1) is 6.54 Å². The van der Waals surface area contributed by atoms with Gasteiger partial charge in [0.1, 0.15) is 0 Å². The first-order valence-corrected chi connectivity index (χ1v) is 11.2. The SMILES string of the molecule is Cc1ccc(NCC(=O)Nc2ccc(C(=O)NCCCCN3CCCC3)cc2)cc1C. The Kier molecular flexibility index (Phi) is 8.47. The van der Waals surface area contributed by atoms with Gasteiger partial charge in [-0.05, 0) is 107 Å². The summed E-state index contributed by atoms with van der Waals surface area (Å²) in [5, 5.41) is 8.96. The van der Waals surface area contributed by atoms with Crippen molar-refractivity contribution >= 4 is 23.2 Å². The van der Waals surface area contributed by atoms with Crippen LogP contribution in [0.5, 0.6) is 0 Å². The first-order valence-electron chi connectivity index (χ1n) is 11.2. The summed E-state index contributed by atoms with van der Waals surface area (Å²) in [4.78, 5) is 27.0. The second-order valence-electron chi connectivity index (χ2n) is 8.29. The number of unbranched alkanes of at least 4 members (excludes halogenated alkanes) is 1. The summed E-state index contributed by atoms with van der Waals surface area (Å²) in [6, 6.07) is 13.0. The lowest BCUT2D eigenvalue weighted by Crippen LogP contribution is -2.26. The van der Waals surface area contributed by atoms with E-state index >= 15 is 0 Å². The predicted molar refractivity (Wildman–Crippen MR) is 127 cm³/mol. The van der Waals surface area contributed by atoms with E-state index < -0.39 is 0 Å². The standard InChI is InChI=1S/C25H34N4O2/c1-19-7-10-23(17-20(19)2)27-18-24(30)28-22-11-8-21(9-12-22)25(31)26-13-3-4-14-29-15-5-6-16-29/h7-12,17,27H,3-6,13-16,18H2,1-2H3,(H,26,31)(H,28,30). The number of rotatable bonds is 10. The van der Waals surface area contributed by atoms with Gasteiger partial charge in [-0.2, -0.15) is 0 Å². The van der Waals surface area contributed by atoms with E-state index in [-0.39, 0.29) is 18.4 Å². The molecule has 1 aliphatic rings. The predicted octanol–water partition coefficient (Wildman–Crippen LogP) is 3.96. The number of likely N-dealkylation sites (tertiary alicyclic amines) is 1. The number of carbonyl (C=O) groups is 2. The Morgan fingerprint density at radius 3 is 2.32 bits per heavy atom. The molecule has 3 N–H and O–H groups in total. The second-order valence-corrected chi connectivity index (χ2v) is 8.29. The average Bonchev–Trinajstić information content (AvgIpc) is 3.28. The molecule has 0 unspecified atom stereocenters. The number of nitrogens with one attached hydrogen (secondary N) is 3. The van der Waals surface area contributed by atoms with Crippen LogP contribution in [0.3, 0.4) is 0 Å². The van der Waals surface area contributed by atoms with E-state index in [1.54, 1.807) is 24.3 Å². The molecule has 0 bridgehead atoms. The fourth-order valence-electron chi connectivity index (χ4n) is 3.71. The van der Waals surface area contributed by atoms with E-state index in [1.165, 1.54) is 37.1 Å². The van der Waals surface area contributed by atoms with Gasteiger partial charge in [0.25, 0.3) is 5.91 Å². The normalized spacial score (nSPS) is 13.7. The molecule has 0 atom stereocenters. The number of hydrogen-bond acceptors (Lipinski definition) is 4. The molecule has 0 spiro atoms. The zero-order chi connectivity index (χ0) is 22.1. The number of carbonyl (C=O) groups excluding carboxylic acids is 2. The maximum absolute atomic E-state index is 12.3. The molecule has 0 saturated carbocycles. The smallest absolute Gasteiger partial charge is 0.251 e. The van der Waals surface area contributed by atoms with Crippen LogP contribution >= 0.6 is 0 Å². The molecular formula is C25H34N4O2. The van der Waals surface area contributed by atoms with Crippen LogP contribution in [-0.2, 0) is 4.79 Å². The van der Waals surface area contributed by atoms with Gasteiger partial charge < -0.3 is 20.9 Å². The van der Waals surface area contributed by atoms with Gasteiger partial charge in [-0.3, -0.25) is 9.59 Å². The molecule has 6 nitrogen and oxygen atoms in total. The Labute approximate surface area is 185 Å². The third-order valence-corrected chi connectivity index (χ3v) is 5.78. The topological polar surface area (TPSA) is 73.5 Å². The third-order valence-electron chi connectivity index (χ3n) is 5.78. The fourth-order valence-corrected chi connectivity index (χ4v) is 3.71. The molecule has 166 valence electrons. The van der Waals surface area contributed by atoms with Crippen molar-refractivity contribution in [3.05, 3.63) is 59.2 Å². The highest BCUT2D eigenvalue weighted by Crippen LogP contribution is 2.14. The number of anilines is 2. The molecule has 1 fully saturated rings. The molecule has 1 heterocycles. The van der Waals surface area contributed by atoms with Crippen molar-refractivity contribution in [3.8, 4) is 0 Å². The number of benzene rings is 2. The van der Waals surface area contributed by atoms with Gasteiger partial charge in [0.2, 0.25) is 5.91 Å². The van der Waals surface area contributed by atoms with Crippen LogP contribution in [-0.4, -0.2) is 49.4 Å². The highest BCUT2D eigenvalue weighted by atomic mass is 16.2. The number of nitrogens with zero attached hydrogens (tertiary/aromatic N) is 1. The van der Waals surface area contributed by atoms with Crippen LogP contribution in [0.25, 0.3) is 0 Å². The summed E-state index contributed by atoms with van der Waals surface area (Å²) < 4.78 is 0. The molecule has 2 aromatic rings. The Balaban J connectivity index is 1.35. The van der Waals surface area contributed by atoms with Gasteiger partial charge >= 0.3 is 0 Å². The van der Waals surface area contributed by atoms with Crippen LogP contribution in [0.2, 0.25) is 0 Å². The second kappa shape index (κ2) is 11.5. The molecule has 1 aliphatic heterocycles. The van der Waals surface area contributed by atoms with Crippen molar-refractivity contribution in [3.63, 3.8) is 0 Å². The zero-order valence-electron chi connectivity index (χ0n) is 18.7. The van der Waals surface area contributed by atoms with Gasteiger partial charge in [0, 0.05) is 23.5 Å². The van der Waals surface area contributed by atoms with E-state index in [2.05, 4.69) is 27.8 Å². The minimum atomic E-state index is -0.131. The molecule has 0 aliphatic carbocycles. The lowest BCUT2D eigenvalue weighted by atomic mass is 10.1. The Morgan fingerprint density at radius 2 is 1.61 bits per heavy atom. The molecule has 2 aromatic carbocycles. The Bertz CT molecular complexity index is 874. The van der Waals surface area contributed by atoms with Crippen molar-refractivity contribution in [2.24, 2.45) is 0 Å². The lowest BCUT2D eigenvalue weighted by molar-refractivity contribution is -0.114. The van der Waals surface area contributed by atoms with E-state index in [1.807, 2.05) is 25.1 Å². The molecule has 3 rings (SSSR count). The monoisotopic (exact) mass is 422 g/mol. The third kappa shape index (κ3) is 7.40. The van der Waals surface area contributed by atoms with E-state index in [0.29, 0.717) is 17.8 Å². The van der Waals surface area contributed by atoms with E-state index in [0.717, 1.165) is 25.1 Å². The average molecular weight is 423 g/mol. The molecule has 0 radical (unpaired) electrons. The number of aryl methyl sites for hydroxylation is 2. The summed E-state index contributed by atoms with van der Waals surface area (Å²) in [5.74, 6) is -0.205. The van der Waals surface area contributed by atoms with Crippen LogP contribution < -0.4 is 16.0 Å². The maximum Gasteiger partial charge on any atom is 0.251 e. The lowest BCUT2D eigenvalue weighted by Gasteiger charge is -2.14. The van der Waals surface area contributed by atoms with Crippen molar-refractivity contribution in [1.82, 2.24) is 10.2 Å². The van der Waals surface area contributed by atoms with Crippen LogP contribution in [0.4, 0.5) is 11.4 Å². The van der Waals surface area contributed by atoms with Crippen LogP contribution in [0.15, 0.2) is 42.5 Å². The van der Waals surface area contributed by atoms with Crippen LogP contribution in [0.1, 0.15) is 47.2 Å². The fraction of sp³-hybridized carbons (Fsp3) is 0.440. The summed E-state index contributed by atoms with van der Waals surface area (Å²) in [6.45, 7) is 8.55. The Hall–Kier alpha value is -2.86. The zero-order valence-corrected chi connectivity index (χ0v) is 18.7. The molecule has 31 heavy (non-hydrogen) atoms. The van der Waals surface area contributed by atoms with Crippen molar-refractivity contribution in [1.29, 1.82) is 0 Å². The number of amides is 2. The van der Waals surface area contributed by atoms with Gasteiger partial charge in [0.15, 0.2) is 0 Å². The van der Waals surface area contributed by atoms with Crippen molar-refractivity contribution < 1.29 is 9.59 Å². The quantitative estimate of drug-likeness (QED) is 0.507. The summed E-state index contributed by atoms with van der Waals surface area (Å²) >= 11 is 0. The van der Waals surface area contributed by atoms with E-state index in [9.17, 15) is 9.59 Å². The summed E-state index contributed by atoms with van der Waals surface area (Å²) in [6.07, 6.45) is 4.73. The first-order chi connectivity index (χ1) is 15.0. The maximum atomic E-state index is 12.3. The van der Waals surface area contributed by atoms with Crippen molar-refractivity contribution in [2.45, 2.75) is 39.5 Å². The largest absolute Gasteiger partial charge is 0.376 e.